The van der Waals surface area contributed by atoms with Crippen LogP contribution in [0.2, 0.25) is 0 Å². The van der Waals surface area contributed by atoms with Gasteiger partial charge in [0.1, 0.15) is 0 Å². The van der Waals surface area contributed by atoms with Gasteiger partial charge in [-0.3, -0.25) is 9.69 Å². The van der Waals surface area contributed by atoms with Gasteiger partial charge in [0.05, 0.1) is 18.2 Å². The van der Waals surface area contributed by atoms with E-state index < -0.39 is 0 Å². The summed E-state index contributed by atoms with van der Waals surface area (Å²) >= 11 is 0. The molecule has 2 aromatic rings. The van der Waals surface area contributed by atoms with E-state index >= 15 is 0 Å². The Morgan fingerprint density at radius 3 is 2.76 bits per heavy atom. The normalized spacial score (nSPS) is 23.2. The molecule has 1 heterocycles. The Hall–Kier alpha value is -3.37. The molecule has 33 heavy (non-hydrogen) atoms. The number of nitrogens with one attached hydrogen (secondary N) is 3. The number of amides is 3. The van der Waals surface area contributed by atoms with Crippen molar-refractivity contribution >= 4 is 17.6 Å². The highest BCUT2D eigenvalue weighted by Gasteiger charge is 2.31. The number of carbonyl (C=O) groups is 2. The van der Waals surface area contributed by atoms with E-state index in [4.69, 9.17) is 5.26 Å². The Bertz CT molecular complexity index is 1000. The number of nitrogens with zero attached hydrogens (tertiary/aromatic N) is 2. The van der Waals surface area contributed by atoms with Gasteiger partial charge < -0.3 is 16.0 Å². The van der Waals surface area contributed by atoms with Gasteiger partial charge in [0.25, 0.3) is 0 Å². The van der Waals surface area contributed by atoms with Gasteiger partial charge >= 0.3 is 6.03 Å². The minimum absolute atomic E-state index is 0.0652. The molecule has 1 saturated heterocycles. The van der Waals surface area contributed by atoms with E-state index in [1.54, 1.807) is 24.3 Å². The predicted octanol–water partition coefficient (Wildman–Crippen LogP) is 3.28. The van der Waals surface area contributed by atoms with E-state index in [-0.39, 0.29) is 24.0 Å². The summed E-state index contributed by atoms with van der Waals surface area (Å²) in [5.41, 5.74) is 2.34. The third-order valence-electron chi connectivity index (χ3n) is 6.50. The standard InChI is InChI=1S/C26H31N5O2/c27-15-20-9-6-11-22(14-20)29-26(33)30-24-12-5-4-10-21(24)16-31-17-23(28-25(32)18-31)13-19-7-2-1-3-8-19/h1-3,6-9,11,14,21,23-24H,4-5,10,12-13,16-18H2,(H,28,32)(H2,29,30,33)/t21-,23?,24+/m0/s1. The molecule has 7 nitrogen and oxygen atoms in total. The van der Waals surface area contributed by atoms with Crippen molar-refractivity contribution in [3.63, 3.8) is 0 Å². The van der Waals surface area contributed by atoms with Crippen molar-refractivity contribution < 1.29 is 9.59 Å². The van der Waals surface area contributed by atoms with Crippen LogP contribution in [0.1, 0.15) is 36.8 Å². The molecule has 0 radical (unpaired) electrons. The first-order chi connectivity index (χ1) is 16.1. The Balaban J connectivity index is 1.34. The van der Waals surface area contributed by atoms with Crippen LogP contribution < -0.4 is 16.0 Å². The fraction of sp³-hybridized carbons (Fsp3) is 0.423. The summed E-state index contributed by atoms with van der Waals surface area (Å²) in [5.74, 6) is 0.371. The Morgan fingerprint density at radius 2 is 1.94 bits per heavy atom. The Morgan fingerprint density at radius 1 is 1.12 bits per heavy atom. The van der Waals surface area contributed by atoms with Crippen molar-refractivity contribution in [2.45, 2.75) is 44.2 Å². The molecule has 0 aromatic heterocycles. The van der Waals surface area contributed by atoms with Crippen LogP contribution in [0.25, 0.3) is 0 Å². The van der Waals surface area contributed by atoms with Crippen molar-refractivity contribution in [1.82, 2.24) is 15.5 Å². The maximum Gasteiger partial charge on any atom is 0.319 e. The Labute approximate surface area is 195 Å². The minimum Gasteiger partial charge on any atom is -0.351 e. The van der Waals surface area contributed by atoms with E-state index in [0.717, 1.165) is 45.2 Å². The molecule has 3 atom stereocenters. The van der Waals surface area contributed by atoms with Crippen LogP contribution in [0.4, 0.5) is 10.5 Å². The second kappa shape index (κ2) is 11.0. The summed E-state index contributed by atoms with van der Waals surface area (Å²) in [5, 5.41) is 18.2. The highest BCUT2D eigenvalue weighted by atomic mass is 16.2. The van der Waals surface area contributed by atoms with Crippen molar-refractivity contribution in [3.05, 3.63) is 65.7 Å². The van der Waals surface area contributed by atoms with E-state index in [0.29, 0.717) is 23.7 Å². The lowest BCUT2D eigenvalue weighted by atomic mass is 9.84. The molecule has 1 aliphatic carbocycles. The third kappa shape index (κ3) is 6.56. The van der Waals surface area contributed by atoms with Crippen molar-refractivity contribution in [2.24, 2.45) is 5.92 Å². The summed E-state index contributed by atoms with van der Waals surface area (Å²) in [4.78, 5) is 27.3. The quantitative estimate of drug-likeness (QED) is 0.636. The van der Waals surface area contributed by atoms with Gasteiger partial charge in [-0.15, -0.1) is 0 Å². The summed E-state index contributed by atoms with van der Waals surface area (Å²) < 4.78 is 0. The van der Waals surface area contributed by atoms with E-state index in [2.05, 4.69) is 39.1 Å². The third-order valence-corrected chi connectivity index (χ3v) is 6.50. The van der Waals surface area contributed by atoms with Gasteiger partial charge in [0, 0.05) is 30.9 Å². The number of nitriles is 1. The van der Waals surface area contributed by atoms with Gasteiger partial charge in [-0.1, -0.05) is 49.2 Å². The lowest BCUT2D eigenvalue weighted by molar-refractivity contribution is -0.125. The van der Waals surface area contributed by atoms with Crippen molar-refractivity contribution in [2.75, 3.05) is 25.0 Å². The average Bonchev–Trinajstić information content (AvgIpc) is 2.81. The van der Waals surface area contributed by atoms with Gasteiger partial charge in [-0.2, -0.15) is 5.26 Å². The molecule has 1 aliphatic heterocycles. The van der Waals surface area contributed by atoms with Crippen molar-refractivity contribution in [3.8, 4) is 6.07 Å². The summed E-state index contributed by atoms with van der Waals surface area (Å²) in [6.45, 7) is 2.02. The topological polar surface area (TPSA) is 97.3 Å². The van der Waals surface area contributed by atoms with Gasteiger partial charge in [0.2, 0.25) is 5.91 Å². The van der Waals surface area contributed by atoms with Crippen LogP contribution in [0.3, 0.4) is 0 Å². The van der Waals surface area contributed by atoms with E-state index in [1.807, 2.05) is 18.2 Å². The first-order valence-electron chi connectivity index (χ1n) is 11.7. The van der Waals surface area contributed by atoms with E-state index in [9.17, 15) is 9.59 Å². The number of piperazine rings is 1. The summed E-state index contributed by atoms with van der Waals surface area (Å²) in [6.07, 6.45) is 5.02. The molecular formula is C26H31N5O2. The molecule has 3 N–H and O–H groups in total. The first kappa shape index (κ1) is 22.8. The zero-order chi connectivity index (χ0) is 23.0. The number of benzene rings is 2. The molecule has 0 bridgehead atoms. The Kier molecular flexibility index (Phi) is 7.59. The molecule has 172 valence electrons. The van der Waals surface area contributed by atoms with Gasteiger partial charge in [-0.25, -0.2) is 4.79 Å². The summed E-state index contributed by atoms with van der Waals surface area (Å²) in [6, 6.07) is 19.1. The largest absolute Gasteiger partial charge is 0.351 e. The number of anilines is 1. The molecule has 2 aliphatic rings. The minimum atomic E-state index is -0.250. The smallest absolute Gasteiger partial charge is 0.319 e. The van der Waals surface area contributed by atoms with Crippen LogP contribution >= 0.6 is 0 Å². The number of hydrogen-bond donors (Lipinski definition) is 3. The van der Waals surface area contributed by atoms with Crippen LogP contribution in [-0.4, -0.2) is 48.6 Å². The SMILES string of the molecule is N#Cc1cccc(NC(=O)N[C@@H]2CCCC[C@H]2CN2CC(=O)NC(Cc3ccccc3)C2)c1. The molecule has 2 fully saturated rings. The molecule has 7 heteroatoms. The highest BCUT2D eigenvalue weighted by molar-refractivity contribution is 5.89. The van der Waals surface area contributed by atoms with Crippen LogP contribution in [-0.2, 0) is 11.2 Å². The number of hydrogen-bond acceptors (Lipinski definition) is 4. The molecule has 3 amide bonds. The molecule has 4 rings (SSSR count). The molecule has 1 unspecified atom stereocenters. The van der Waals surface area contributed by atoms with E-state index in [1.165, 1.54) is 5.56 Å². The molecular weight excluding hydrogens is 414 g/mol. The maximum absolute atomic E-state index is 12.6. The second-order valence-corrected chi connectivity index (χ2v) is 9.09. The predicted molar refractivity (Wildman–Crippen MR) is 128 cm³/mol. The van der Waals surface area contributed by atoms with Crippen molar-refractivity contribution in [1.29, 1.82) is 5.26 Å². The number of carbonyl (C=O) groups excluding carboxylic acids is 2. The first-order valence-corrected chi connectivity index (χ1v) is 11.7. The highest BCUT2D eigenvalue weighted by Crippen LogP contribution is 2.26. The average molecular weight is 446 g/mol. The van der Waals surface area contributed by atoms with Gasteiger partial charge in [0.15, 0.2) is 0 Å². The molecule has 0 spiro atoms. The fourth-order valence-electron chi connectivity index (χ4n) is 5.00. The molecule has 1 saturated carbocycles. The van der Waals surface area contributed by atoms with Crippen LogP contribution in [0.5, 0.6) is 0 Å². The lowest BCUT2D eigenvalue weighted by Gasteiger charge is -2.39. The zero-order valence-corrected chi connectivity index (χ0v) is 18.8. The monoisotopic (exact) mass is 445 g/mol. The fourth-order valence-corrected chi connectivity index (χ4v) is 5.00. The summed E-state index contributed by atoms with van der Waals surface area (Å²) in [7, 11) is 0. The number of rotatable bonds is 6. The van der Waals surface area contributed by atoms with Gasteiger partial charge in [-0.05, 0) is 48.9 Å². The van der Waals surface area contributed by atoms with Crippen LogP contribution in [0.15, 0.2) is 54.6 Å². The van der Waals surface area contributed by atoms with Crippen LogP contribution in [0, 0.1) is 17.2 Å². The second-order valence-electron chi connectivity index (χ2n) is 9.09. The maximum atomic E-state index is 12.6. The molecule has 2 aromatic carbocycles. The number of urea groups is 1. The lowest BCUT2D eigenvalue weighted by Crippen LogP contribution is -2.57. The zero-order valence-electron chi connectivity index (χ0n) is 18.8.